The van der Waals surface area contributed by atoms with Crippen LogP contribution in [0.1, 0.15) is 24.0 Å². The molecule has 1 aromatic rings. The molecule has 0 heterocycles. The second kappa shape index (κ2) is 5.34. The van der Waals surface area contributed by atoms with Crippen LogP contribution >= 0.6 is 0 Å². The predicted octanol–water partition coefficient (Wildman–Crippen LogP) is 1.84. The number of hydrogen-bond acceptors (Lipinski definition) is 2. The molecule has 0 aliphatic rings. The molecule has 0 aliphatic carbocycles. The van der Waals surface area contributed by atoms with Gasteiger partial charge in [-0.1, -0.05) is 12.1 Å². The summed E-state index contributed by atoms with van der Waals surface area (Å²) >= 11 is 0. The van der Waals surface area contributed by atoms with Crippen molar-refractivity contribution in [1.82, 2.24) is 0 Å². The number of nitriles is 1. The molecule has 0 aliphatic heterocycles. The topological polar surface area (TPSA) is 49.8 Å². The van der Waals surface area contributed by atoms with E-state index in [1.54, 1.807) is 0 Å². The minimum absolute atomic E-state index is 0.725. The Kier molecular flexibility index (Phi) is 4.01. The van der Waals surface area contributed by atoms with E-state index < -0.39 is 0 Å². The van der Waals surface area contributed by atoms with E-state index in [0.29, 0.717) is 0 Å². The van der Waals surface area contributed by atoms with Crippen LogP contribution in [0, 0.1) is 11.3 Å². The fraction of sp³-hybridized carbons (Fsp3) is 0.364. The van der Waals surface area contributed by atoms with Gasteiger partial charge >= 0.3 is 0 Å². The molecule has 13 heavy (non-hydrogen) atoms. The van der Waals surface area contributed by atoms with Gasteiger partial charge < -0.3 is 5.73 Å². The summed E-state index contributed by atoms with van der Waals surface area (Å²) in [6.45, 7) is 0.760. The van der Waals surface area contributed by atoms with Crippen molar-refractivity contribution in [3.63, 3.8) is 0 Å². The van der Waals surface area contributed by atoms with Crippen LogP contribution in [0.5, 0.6) is 0 Å². The van der Waals surface area contributed by atoms with Crippen LogP contribution in [0.2, 0.25) is 0 Å². The van der Waals surface area contributed by atoms with Crippen LogP contribution < -0.4 is 5.73 Å². The SMILES string of the molecule is N#Cc1ccc(CCCCN)cc1. The summed E-state index contributed by atoms with van der Waals surface area (Å²) in [6.07, 6.45) is 3.26. The first-order chi connectivity index (χ1) is 6.36. The van der Waals surface area contributed by atoms with Gasteiger partial charge in [-0.05, 0) is 43.5 Å². The molecule has 68 valence electrons. The lowest BCUT2D eigenvalue weighted by Crippen LogP contribution is -1.98. The van der Waals surface area contributed by atoms with Gasteiger partial charge in [-0.15, -0.1) is 0 Å². The van der Waals surface area contributed by atoms with Crippen molar-refractivity contribution in [1.29, 1.82) is 5.26 Å². The molecule has 0 unspecified atom stereocenters. The highest BCUT2D eigenvalue weighted by atomic mass is 14.5. The Morgan fingerprint density at radius 1 is 1.15 bits per heavy atom. The summed E-state index contributed by atoms with van der Waals surface area (Å²) in [5, 5.41) is 8.58. The molecular weight excluding hydrogens is 160 g/mol. The van der Waals surface area contributed by atoms with Crippen LogP contribution in [0.25, 0.3) is 0 Å². The van der Waals surface area contributed by atoms with Crippen LogP contribution in [0.4, 0.5) is 0 Å². The number of benzene rings is 1. The van der Waals surface area contributed by atoms with Crippen molar-refractivity contribution < 1.29 is 0 Å². The highest BCUT2D eigenvalue weighted by Crippen LogP contribution is 2.06. The summed E-state index contributed by atoms with van der Waals surface area (Å²) in [6, 6.07) is 9.84. The molecule has 2 nitrogen and oxygen atoms in total. The van der Waals surface area contributed by atoms with E-state index >= 15 is 0 Å². The molecule has 0 atom stereocenters. The van der Waals surface area contributed by atoms with Crippen molar-refractivity contribution >= 4 is 0 Å². The van der Waals surface area contributed by atoms with E-state index in [4.69, 9.17) is 11.0 Å². The predicted molar refractivity (Wildman–Crippen MR) is 53.1 cm³/mol. The summed E-state index contributed by atoms with van der Waals surface area (Å²) in [4.78, 5) is 0. The van der Waals surface area contributed by atoms with Crippen molar-refractivity contribution in [2.24, 2.45) is 5.73 Å². The molecule has 0 saturated carbocycles. The maximum atomic E-state index is 8.58. The monoisotopic (exact) mass is 174 g/mol. The van der Waals surface area contributed by atoms with Crippen LogP contribution in [0.15, 0.2) is 24.3 Å². The van der Waals surface area contributed by atoms with Gasteiger partial charge in [0.2, 0.25) is 0 Å². The zero-order valence-electron chi connectivity index (χ0n) is 7.66. The fourth-order valence-corrected chi connectivity index (χ4v) is 1.22. The number of aryl methyl sites for hydroxylation is 1. The highest BCUT2D eigenvalue weighted by molar-refractivity contribution is 5.31. The average Bonchev–Trinajstić information content (AvgIpc) is 2.19. The summed E-state index contributed by atoms with van der Waals surface area (Å²) in [5.41, 5.74) is 7.40. The third-order valence-electron chi connectivity index (χ3n) is 2.00. The number of nitrogens with zero attached hydrogens (tertiary/aromatic N) is 1. The third kappa shape index (κ3) is 3.27. The van der Waals surface area contributed by atoms with Gasteiger partial charge in [0.15, 0.2) is 0 Å². The van der Waals surface area contributed by atoms with Gasteiger partial charge in [-0.3, -0.25) is 0 Å². The Balaban J connectivity index is 2.46. The van der Waals surface area contributed by atoms with Crippen molar-refractivity contribution in [2.45, 2.75) is 19.3 Å². The molecule has 0 radical (unpaired) electrons. The van der Waals surface area contributed by atoms with Crippen LogP contribution in [0.3, 0.4) is 0 Å². The fourth-order valence-electron chi connectivity index (χ4n) is 1.22. The van der Waals surface area contributed by atoms with Gasteiger partial charge in [0.25, 0.3) is 0 Å². The lowest BCUT2D eigenvalue weighted by Gasteiger charge is -1.99. The second-order valence-corrected chi connectivity index (χ2v) is 3.05. The first-order valence-electron chi connectivity index (χ1n) is 4.56. The Bertz CT molecular complexity index is 282. The van der Waals surface area contributed by atoms with E-state index in [2.05, 4.69) is 6.07 Å². The van der Waals surface area contributed by atoms with Crippen LogP contribution in [-0.2, 0) is 6.42 Å². The molecule has 0 bridgehead atoms. The number of unbranched alkanes of at least 4 members (excludes halogenated alkanes) is 1. The molecule has 1 rings (SSSR count). The largest absolute Gasteiger partial charge is 0.330 e. The first kappa shape index (κ1) is 9.76. The smallest absolute Gasteiger partial charge is 0.0991 e. The standard InChI is InChI=1S/C11H14N2/c12-8-2-1-3-10-4-6-11(9-13)7-5-10/h4-7H,1-3,8,12H2. The Morgan fingerprint density at radius 2 is 1.85 bits per heavy atom. The molecule has 0 saturated heterocycles. The maximum absolute atomic E-state index is 8.58. The average molecular weight is 174 g/mol. The number of rotatable bonds is 4. The van der Waals surface area contributed by atoms with Gasteiger partial charge in [-0.2, -0.15) is 5.26 Å². The van der Waals surface area contributed by atoms with Gasteiger partial charge in [0, 0.05) is 0 Å². The zero-order chi connectivity index (χ0) is 9.52. The van der Waals surface area contributed by atoms with Gasteiger partial charge in [-0.25, -0.2) is 0 Å². The second-order valence-electron chi connectivity index (χ2n) is 3.05. The Labute approximate surface area is 79.0 Å². The maximum Gasteiger partial charge on any atom is 0.0991 e. The summed E-state index contributed by atoms with van der Waals surface area (Å²) in [5.74, 6) is 0. The molecule has 0 amide bonds. The minimum Gasteiger partial charge on any atom is -0.330 e. The Morgan fingerprint density at radius 3 is 2.38 bits per heavy atom. The first-order valence-corrected chi connectivity index (χ1v) is 4.56. The summed E-state index contributed by atoms with van der Waals surface area (Å²) in [7, 11) is 0. The zero-order valence-corrected chi connectivity index (χ0v) is 7.66. The number of hydrogen-bond donors (Lipinski definition) is 1. The minimum atomic E-state index is 0.725. The number of nitrogens with two attached hydrogens (primary N) is 1. The van der Waals surface area contributed by atoms with Crippen molar-refractivity contribution in [2.75, 3.05) is 6.54 Å². The molecule has 2 N–H and O–H groups in total. The molecule has 0 spiro atoms. The van der Waals surface area contributed by atoms with Crippen molar-refractivity contribution in [3.8, 4) is 6.07 Å². The molecule has 1 aromatic carbocycles. The molecule has 2 heteroatoms. The quantitative estimate of drug-likeness (QED) is 0.708. The highest BCUT2D eigenvalue weighted by Gasteiger charge is 1.93. The molecular formula is C11H14N2. The normalized spacial score (nSPS) is 9.54. The Hall–Kier alpha value is -1.33. The van der Waals surface area contributed by atoms with E-state index in [1.165, 1.54) is 5.56 Å². The van der Waals surface area contributed by atoms with E-state index in [0.717, 1.165) is 31.4 Å². The summed E-state index contributed by atoms with van der Waals surface area (Å²) < 4.78 is 0. The van der Waals surface area contributed by atoms with E-state index in [1.807, 2.05) is 24.3 Å². The van der Waals surface area contributed by atoms with Gasteiger partial charge in [0.1, 0.15) is 0 Å². The third-order valence-corrected chi connectivity index (χ3v) is 2.00. The van der Waals surface area contributed by atoms with Crippen molar-refractivity contribution in [3.05, 3.63) is 35.4 Å². The lowest BCUT2D eigenvalue weighted by molar-refractivity contribution is 0.745. The molecule has 0 fully saturated rings. The van der Waals surface area contributed by atoms with E-state index in [9.17, 15) is 0 Å². The van der Waals surface area contributed by atoms with Crippen LogP contribution in [-0.4, -0.2) is 6.54 Å². The van der Waals surface area contributed by atoms with E-state index in [-0.39, 0.29) is 0 Å². The lowest BCUT2D eigenvalue weighted by atomic mass is 10.1. The van der Waals surface area contributed by atoms with Gasteiger partial charge in [0.05, 0.1) is 11.6 Å². The molecule has 0 aromatic heterocycles.